The molecule has 7 heteroatoms. The van der Waals surface area contributed by atoms with E-state index in [4.69, 9.17) is 5.11 Å². The first kappa shape index (κ1) is 17.7. The van der Waals surface area contributed by atoms with Gasteiger partial charge in [0.15, 0.2) is 0 Å². The fraction of sp³-hybridized carbons (Fsp3) is 0.263. The SMILES string of the molecule is O=C(O)c1ccc(CNC(=O)N2CCN(c3ccc(F)cc3)CC2)cc1. The average Bonchev–Trinajstić information content (AvgIpc) is 2.67. The number of carboxylic acids is 1. The number of nitrogens with zero attached hydrogens (tertiary/aromatic N) is 2. The molecule has 0 unspecified atom stereocenters. The topological polar surface area (TPSA) is 72.9 Å². The quantitative estimate of drug-likeness (QED) is 0.882. The van der Waals surface area contributed by atoms with Crippen molar-refractivity contribution in [3.05, 3.63) is 65.5 Å². The maximum atomic E-state index is 13.0. The molecule has 0 atom stereocenters. The lowest BCUT2D eigenvalue weighted by molar-refractivity contribution is 0.0697. The Labute approximate surface area is 150 Å². The van der Waals surface area contributed by atoms with Crippen molar-refractivity contribution in [3.63, 3.8) is 0 Å². The van der Waals surface area contributed by atoms with Crippen LogP contribution in [-0.4, -0.2) is 48.2 Å². The summed E-state index contributed by atoms with van der Waals surface area (Å²) < 4.78 is 13.0. The molecule has 3 rings (SSSR count). The summed E-state index contributed by atoms with van der Waals surface area (Å²) in [5, 5.41) is 11.7. The van der Waals surface area contributed by atoms with Crippen LogP contribution < -0.4 is 10.2 Å². The highest BCUT2D eigenvalue weighted by Crippen LogP contribution is 2.17. The van der Waals surface area contributed by atoms with Gasteiger partial charge < -0.3 is 20.2 Å². The van der Waals surface area contributed by atoms with Gasteiger partial charge in [-0.1, -0.05) is 12.1 Å². The molecule has 0 spiro atoms. The summed E-state index contributed by atoms with van der Waals surface area (Å²) in [5.74, 6) is -1.23. The summed E-state index contributed by atoms with van der Waals surface area (Å²) in [5.41, 5.74) is 2.01. The molecule has 1 heterocycles. The minimum atomic E-state index is -0.973. The number of hydrogen-bond acceptors (Lipinski definition) is 3. The normalized spacial score (nSPS) is 14.2. The highest BCUT2D eigenvalue weighted by atomic mass is 19.1. The fourth-order valence-electron chi connectivity index (χ4n) is 2.87. The van der Waals surface area contributed by atoms with Crippen molar-refractivity contribution in [1.29, 1.82) is 0 Å². The molecule has 1 aliphatic rings. The molecule has 1 fully saturated rings. The van der Waals surface area contributed by atoms with Crippen LogP contribution >= 0.6 is 0 Å². The Morgan fingerprint density at radius 3 is 2.15 bits per heavy atom. The molecular formula is C19H20FN3O3. The number of halogens is 1. The maximum Gasteiger partial charge on any atom is 0.335 e. The maximum absolute atomic E-state index is 13.0. The van der Waals surface area contributed by atoms with Gasteiger partial charge in [0.2, 0.25) is 0 Å². The number of amides is 2. The largest absolute Gasteiger partial charge is 0.478 e. The second kappa shape index (κ2) is 7.86. The Kier molecular flexibility index (Phi) is 5.36. The zero-order valence-electron chi connectivity index (χ0n) is 14.2. The summed E-state index contributed by atoms with van der Waals surface area (Å²) in [6.45, 7) is 2.89. The molecule has 1 saturated heterocycles. The Balaban J connectivity index is 1.47. The van der Waals surface area contributed by atoms with Crippen molar-refractivity contribution >= 4 is 17.7 Å². The zero-order chi connectivity index (χ0) is 18.5. The van der Waals surface area contributed by atoms with E-state index in [1.54, 1.807) is 29.2 Å². The number of carboxylic acid groups (broad SMARTS) is 1. The van der Waals surface area contributed by atoms with Crippen molar-refractivity contribution in [2.24, 2.45) is 0 Å². The lowest BCUT2D eigenvalue weighted by atomic mass is 10.1. The van der Waals surface area contributed by atoms with Crippen LogP contribution in [0.2, 0.25) is 0 Å². The smallest absolute Gasteiger partial charge is 0.335 e. The van der Waals surface area contributed by atoms with Crippen LogP contribution in [0.5, 0.6) is 0 Å². The van der Waals surface area contributed by atoms with Gasteiger partial charge in [0, 0.05) is 38.4 Å². The van der Waals surface area contributed by atoms with E-state index in [2.05, 4.69) is 10.2 Å². The highest BCUT2D eigenvalue weighted by Gasteiger charge is 2.21. The number of benzene rings is 2. The summed E-state index contributed by atoms with van der Waals surface area (Å²) >= 11 is 0. The molecule has 2 aromatic rings. The van der Waals surface area contributed by atoms with E-state index in [0.29, 0.717) is 32.7 Å². The molecule has 26 heavy (non-hydrogen) atoms. The molecule has 0 saturated carbocycles. The monoisotopic (exact) mass is 357 g/mol. The molecule has 0 radical (unpaired) electrons. The number of aromatic carboxylic acids is 1. The molecule has 1 aliphatic heterocycles. The van der Waals surface area contributed by atoms with Gasteiger partial charge in [0.1, 0.15) is 5.82 Å². The fourth-order valence-corrected chi connectivity index (χ4v) is 2.87. The van der Waals surface area contributed by atoms with Crippen LogP contribution in [-0.2, 0) is 6.54 Å². The highest BCUT2D eigenvalue weighted by molar-refractivity contribution is 5.87. The van der Waals surface area contributed by atoms with Gasteiger partial charge in [-0.15, -0.1) is 0 Å². The number of carbonyl (C=O) groups excluding carboxylic acids is 1. The van der Waals surface area contributed by atoms with E-state index < -0.39 is 5.97 Å². The Morgan fingerprint density at radius 1 is 0.962 bits per heavy atom. The van der Waals surface area contributed by atoms with E-state index in [1.807, 2.05) is 0 Å². The van der Waals surface area contributed by atoms with E-state index in [-0.39, 0.29) is 17.4 Å². The third-order valence-corrected chi connectivity index (χ3v) is 4.40. The van der Waals surface area contributed by atoms with Gasteiger partial charge in [-0.2, -0.15) is 0 Å². The second-order valence-corrected chi connectivity index (χ2v) is 6.11. The number of anilines is 1. The van der Waals surface area contributed by atoms with Crippen LogP contribution in [0.4, 0.5) is 14.9 Å². The van der Waals surface area contributed by atoms with E-state index in [9.17, 15) is 14.0 Å². The van der Waals surface area contributed by atoms with Crippen molar-refractivity contribution in [2.45, 2.75) is 6.54 Å². The zero-order valence-corrected chi connectivity index (χ0v) is 14.2. The van der Waals surface area contributed by atoms with Crippen molar-refractivity contribution in [3.8, 4) is 0 Å². The minimum Gasteiger partial charge on any atom is -0.478 e. The standard InChI is InChI=1S/C19H20FN3O3/c20-16-5-7-17(8-6-16)22-9-11-23(12-10-22)19(26)21-13-14-1-3-15(4-2-14)18(24)25/h1-8H,9-13H2,(H,21,26)(H,24,25). The number of carbonyl (C=O) groups is 2. The number of rotatable bonds is 4. The Bertz CT molecular complexity index is 770. The Morgan fingerprint density at radius 2 is 1.58 bits per heavy atom. The summed E-state index contributed by atoms with van der Waals surface area (Å²) in [7, 11) is 0. The molecule has 0 bridgehead atoms. The molecule has 2 amide bonds. The lowest BCUT2D eigenvalue weighted by Crippen LogP contribution is -2.51. The lowest BCUT2D eigenvalue weighted by Gasteiger charge is -2.36. The van der Waals surface area contributed by atoms with Gasteiger partial charge >= 0.3 is 12.0 Å². The minimum absolute atomic E-state index is 0.147. The third kappa shape index (κ3) is 4.30. The predicted molar refractivity (Wildman–Crippen MR) is 95.8 cm³/mol. The molecule has 136 valence electrons. The number of piperazine rings is 1. The molecule has 0 aromatic heterocycles. The first-order chi connectivity index (χ1) is 12.5. The number of urea groups is 1. The van der Waals surface area contributed by atoms with Gasteiger partial charge in [-0.3, -0.25) is 0 Å². The summed E-state index contributed by atoms with van der Waals surface area (Å²) in [4.78, 5) is 27.0. The first-order valence-electron chi connectivity index (χ1n) is 8.38. The molecule has 2 aromatic carbocycles. The molecular weight excluding hydrogens is 337 g/mol. The number of hydrogen-bond donors (Lipinski definition) is 2. The van der Waals surface area contributed by atoms with Crippen LogP contribution in [0.3, 0.4) is 0 Å². The van der Waals surface area contributed by atoms with Crippen LogP contribution in [0.25, 0.3) is 0 Å². The second-order valence-electron chi connectivity index (χ2n) is 6.11. The van der Waals surface area contributed by atoms with Crippen molar-refractivity contribution in [1.82, 2.24) is 10.2 Å². The van der Waals surface area contributed by atoms with E-state index in [1.165, 1.54) is 24.3 Å². The molecule has 0 aliphatic carbocycles. The van der Waals surface area contributed by atoms with Gasteiger partial charge in [0.05, 0.1) is 5.56 Å². The van der Waals surface area contributed by atoms with Gasteiger partial charge in [-0.25, -0.2) is 14.0 Å². The third-order valence-electron chi connectivity index (χ3n) is 4.40. The predicted octanol–water partition coefficient (Wildman–Crippen LogP) is 2.56. The van der Waals surface area contributed by atoms with E-state index >= 15 is 0 Å². The molecule has 6 nitrogen and oxygen atoms in total. The number of nitrogens with one attached hydrogen (secondary N) is 1. The van der Waals surface area contributed by atoms with Gasteiger partial charge in [-0.05, 0) is 42.0 Å². The first-order valence-corrected chi connectivity index (χ1v) is 8.38. The summed E-state index contributed by atoms with van der Waals surface area (Å²) in [6.07, 6.45) is 0. The Hall–Kier alpha value is -3.09. The van der Waals surface area contributed by atoms with Crippen molar-refractivity contribution < 1.29 is 19.1 Å². The van der Waals surface area contributed by atoms with Crippen LogP contribution in [0, 0.1) is 5.82 Å². The van der Waals surface area contributed by atoms with Crippen molar-refractivity contribution in [2.75, 3.05) is 31.1 Å². The van der Waals surface area contributed by atoms with Gasteiger partial charge in [0.25, 0.3) is 0 Å². The van der Waals surface area contributed by atoms with Crippen LogP contribution in [0.15, 0.2) is 48.5 Å². The molecule has 2 N–H and O–H groups in total. The van der Waals surface area contributed by atoms with E-state index in [0.717, 1.165) is 11.3 Å². The van der Waals surface area contributed by atoms with Crippen LogP contribution in [0.1, 0.15) is 15.9 Å². The average molecular weight is 357 g/mol. The summed E-state index contributed by atoms with van der Waals surface area (Å²) in [6, 6.07) is 12.6.